The van der Waals surface area contributed by atoms with Gasteiger partial charge in [-0.05, 0) is 6.42 Å². The molecular formula is C17H25N5O3. The highest BCUT2D eigenvalue weighted by Gasteiger charge is 2.14. The zero-order chi connectivity index (χ0) is 18.1. The summed E-state index contributed by atoms with van der Waals surface area (Å²) in [6.45, 7) is 3.03. The molecule has 8 heteroatoms. The summed E-state index contributed by atoms with van der Waals surface area (Å²) in [4.78, 5) is 4.41. The maximum atomic E-state index is 5.34. The van der Waals surface area contributed by atoms with Crippen LogP contribution in [-0.4, -0.2) is 43.1 Å². The van der Waals surface area contributed by atoms with Crippen molar-refractivity contribution in [2.45, 2.75) is 26.2 Å². The second-order valence-electron chi connectivity index (χ2n) is 5.34. The number of nitrogens with zero attached hydrogens (tertiary/aromatic N) is 3. The van der Waals surface area contributed by atoms with Crippen LogP contribution in [0, 0.1) is 0 Å². The Kier molecular flexibility index (Phi) is 7.06. The van der Waals surface area contributed by atoms with E-state index in [2.05, 4.69) is 32.7 Å². The monoisotopic (exact) mass is 347 g/mol. The third-order valence-electron chi connectivity index (χ3n) is 3.57. The molecule has 1 aromatic heterocycles. The molecule has 1 aromatic carbocycles. The van der Waals surface area contributed by atoms with Crippen LogP contribution in [0.25, 0.3) is 0 Å². The van der Waals surface area contributed by atoms with Gasteiger partial charge in [0.15, 0.2) is 17.3 Å². The van der Waals surface area contributed by atoms with Crippen molar-refractivity contribution < 1.29 is 14.2 Å². The van der Waals surface area contributed by atoms with Crippen LogP contribution in [0.5, 0.6) is 17.2 Å². The fraction of sp³-hybridized carbons (Fsp3) is 0.471. The lowest BCUT2D eigenvalue weighted by molar-refractivity contribution is 0.324. The van der Waals surface area contributed by atoms with Crippen molar-refractivity contribution in [2.24, 2.45) is 0 Å². The first-order chi connectivity index (χ1) is 12.2. The highest BCUT2D eigenvalue weighted by Crippen LogP contribution is 2.40. The van der Waals surface area contributed by atoms with Crippen LogP contribution in [0.3, 0.4) is 0 Å². The molecule has 0 fully saturated rings. The smallest absolute Gasteiger partial charge is 0.249 e. The molecule has 0 saturated carbocycles. The van der Waals surface area contributed by atoms with Gasteiger partial charge < -0.3 is 24.8 Å². The van der Waals surface area contributed by atoms with Crippen molar-refractivity contribution >= 4 is 17.5 Å². The third kappa shape index (κ3) is 5.10. The second kappa shape index (κ2) is 9.51. The van der Waals surface area contributed by atoms with E-state index in [1.807, 2.05) is 0 Å². The molecule has 25 heavy (non-hydrogen) atoms. The summed E-state index contributed by atoms with van der Waals surface area (Å²) in [5.41, 5.74) is 0.708. The Balaban J connectivity index is 2.13. The second-order valence-corrected chi connectivity index (χ2v) is 5.34. The molecule has 0 aliphatic heterocycles. The topological polar surface area (TPSA) is 90.4 Å². The Morgan fingerprint density at radius 2 is 1.72 bits per heavy atom. The van der Waals surface area contributed by atoms with Gasteiger partial charge in [-0.2, -0.15) is 10.1 Å². The van der Waals surface area contributed by atoms with Crippen molar-refractivity contribution in [3.63, 3.8) is 0 Å². The average molecular weight is 347 g/mol. The van der Waals surface area contributed by atoms with Gasteiger partial charge in [0.1, 0.15) is 0 Å². The summed E-state index contributed by atoms with van der Waals surface area (Å²) >= 11 is 0. The summed E-state index contributed by atoms with van der Waals surface area (Å²) in [5.74, 6) is 2.69. The Morgan fingerprint density at radius 3 is 2.32 bits per heavy atom. The number of benzene rings is 1. The number of nitrogens with one attached hydrogen (secondary N) is 2. The number of aromatic nitrogens is 3. The summed E-state index contributed by atoms with van der Waals surface area (Å²) in [6.07, 6.45) is 5.06. The number of unbranched alkanes of at least 4 members (excludes halogenated alkanes) is 2. The highest BCUT2D eigenvalue weighted by molar-refractivity contribution is 5.65. The van der Waals surface area contributed by atoms with Gasteiger partial charge in [-0.1, -0.05) is 19.8 Å². The highest BCUT2D eigenvalue weighted by atomic mass is 16.5. The maximum absolute atomic E-state index is 5.34. The molecule has 0 radical (unpaired) electrons. The molecular weight excluding hydrogens is 322 g/mol. The molecule has 2 rings (SSSR count). The molecule has 0 aliphatic carbocycles. The predicted octanol–water partition coefficient (Wildman–Crippen LogP) is 3.24. The van der Waals surface area contributed by atoms with Gasteiger partial charge in [0, 0.05) is 24.4 Å². The molecule has 1 heterocycles. The molecule has 2 N–H and O–H groups in total. The van der Waals surface area contributed by atoms with E-state index in [1.54, 1.807) is 39.7 Å². The first-order valence-electron chi connectivity index (χ1n) is 8.22. The number of anilines is 3. The van der Waals surface area contributed by atoms with E-state index in [4.69, 9.17) is 14.2 Å². The molecule has 0 spiro atoms. The van der Waals surface area contributed by atoms with E-state index in [1.165, 1.54) is 12.8 Å². The minimum atomic E-state index is 0.384. The van der Waals surface area contributed by atoms with Gasteiger partial charge in [-0.3, -0.25) is 0 Å². The molecule has 0 amide bonds. The fourth-order valence-corrected chi connectivity index (χ4v) is 2.32. The van der Waals surface area contributed by atoms with Crippen molar-refractivity contribution in [2.75, 3.05) is 38.5 Å². The van der Waals surface area contributed by atoms with Crippen LogP contribution in [0.1, 0.15) is 26.2 Å². The molecule has 8 nitrogen and oxygen atoms in total. The van der Waals surface area contributed by atoms with Gasteiger partial charge in [-0.15, -0.1) is 5.10 Å². The maximum Gasteiger partial charge on any atom is 0.249 e. The van der Waals surface area contributed by atoms with Gasteiger partial charge in [0.25, 0.3) is 0 Å². The van der Waals surface area contributed by atoms with Crippen molar-refractivity contribution in [3.05, 3.63) is 18.3 Å². The summed E-state index contributed by atoms with van der Waals surface area (Å²) < 4.78 is 16.0. The lowest BCUT2D eigenvalue weighted by Gasteiger charge is -2.14. The summed E-state index contributed by atoms with van der Waals surface area (Å²) in [6, 6.07) is 3.57. The third-order valence-corrected chi connectivity index (χ3v) is 3.57. The number of ether oxygens (including phenoxy) is 3. The van der Waals surface area contributed by atoms with E-state index in [0.29, 0.717) is 34.7 Å². The first-order valence-corrected chi connectivity index (χ1v) is 8.22. The lowest BCUT2D eigenvalue weighted by atomic mass is 10.2. The van der Waals surface area contributed by atoms with E-state index in [0.717, 1.165) is 13.0 Å². The summed E-state index contributed by atoms with van der Waals surface area (Å²) in [7, 11) is 4.70. The first kappa shape index (κ1) is 18.6. The van der Waals surface area contributed by atoms with Gasteiger partial charge in [0.2, 0.25) is 11.7 Å². The van der Waals surface area contributed by atoms with Crippen LogP contribution in [0.4, 0.5) is 17.5 Å². The fourth-order valence-electron chi connectivity index (χ4n) is 2.32. The van der Waals surface area contributed by atoms with Gasteiger partial charge >= 0.3 is 0 Å². The Bertz CT molecular complexity index is 656. The lowest BCUT2D eigenvalue weighted by Crippen LogP contribution is -2.07. The number of hydrogen-bond acceptors (Lipinski definition) is 8. The SMILES string of the molecule is CCCCCNc1cnnc(Nc2cc(OC)c(OC)c(OC)c2)n1. The Hall–Kier alpha value is -2.77. The van der Waals surface area contributed by atoms with E-state index >= 15 is 0 Å². The van der Waals surface area contributed by atoms with Gasteiger partial charge in [-0.25, -0.2) is 0 Å². The summed E-state index contributed by atoms with van der Waals surface area (Å²) in [5, 5.41) is 14.3. The standard InChI is InChI=1S/C17H25N5O3/c1-5-6-7-8-18-15-11-19-22-17(21-15)20-12-9-13(23-2)16(25-4)14(10-12)24-3/h9-11H,5-8H2,1-4H3,(H2,18,20,21,22). The zero-order valence-corrected chi connectivity index (χ0v) is 15.1. The number of rotatable bonds is 10. The molecule has 0 aliphatic rings. The average Bonchev–Trinajstić information content (AvgIpc) is 2.64. The molecule has 0 unspecified atom stereocenters. The van der Waals surface area contributed by atoms with Crippen LogP contribution >= 0.6 is 0 Å². The quantitative estimate of drug-likeness (QED) is 0.633. The van der Waals surface area contributed by atoms with Crippen molar-refractivity contribution in [1.82, 2.24) is 15.2 Å². The Labute approximate surface area is 147 Å². The molecule has 0 bridgehead atoms. The van der Waals surface area contributed by atoms with Crippen molar-refractivity contribution in [1.29, 1.82) is 0 Å². The van der Waals surface area contributed by atoms with Gasteiger partial charge in [0.05, 0.1) is 27.5 Å². The van der Waals surface area contributed by atoms with E-state index in [9.17, 15) is 0 Å². The van der Waals surface area contributed by atoms with Crippen LogP contribution < -0.4 is 24.8 Å². The van der Waals surface area contributed by atoms with Crippen LogP contribution in [0.2, 0.25) is 0 Å². The number of hydrogen-bond donors (Lipinski definition) is 2. The zero-order valence-electron chi connectivity index (χ0n) is 15.1. The predicted molar refractivity (Wildman–Crippen MR) is 97.2 cm³/mol. The van der Waals surface area contributed by atoms with Crippen molar-refractivity contribution in [3.8, 4) is 17.2 Å². The van der Waals surface area contributed by atoms with E-state index in [-0.39, 0.29) is 0 Å². The molecule has 0 saturated heterocycles. The Morgan fingerprint density at radius 1 is 1.00 bits per heavy atom. The molecule has 136 valence electrons. The number of methoxy groups -OCH3 is 3. The molecule has 0 atom stereocenters. The molecule has 2 aromatic rings. The van der Waals surface area contributed by atoms with Crippen LogP contribution in [0.15, 0.2) is 18.3 Å². The van der Waals surface area contributed by atoms with E-state index < -0.39 is 0 Å². The minimum Gasteiger partial charge on any atom is -0.493 e. The normalized spacial score (nSPS) is 10.2. The largest absolute Gasteiger partial charge is 0.493 e. The minimum absolute atomic E-state index is 0.384. The van der Waals surface area contributed by atoms with Crippen LogP contribution in [-0.2, 0) is 0 Å².